The normalized spacial score (nSPS) is 18.4. The van der Waals surface area contributed by atoms with Crippen LogP contribution in [0.25, 0.3) is 0 Å². The molecule has 1 saturated heterocycles. The van der Waals surface area contributed by atoms with E-state index in [0.717, 1.165) is 5.56 Å². The summed E-state index contributed by atoms with van der Waals surface area (Å²) >= 11 is 0. The summed E-state index contributed by atoms with van der Waals surface area (Å²) in [6, 6.07) is 4.50. The second-order valence-electron chi connectivity index (χ2n) is 6.76. The van der Waals surface area contributed by atoms with Crippen LogP contribution in [0.4, 0.5) is 9.18 Å². The lowest BCUT2D eigenvalue weighted by Crippen LogP contribution is -2.35. The van der Waals surface area contributed by atoms with Gasteiger partial charge in [0.15, 0.2) is 5.78 Å². The van der Waals surface area contributed by atoms with Gasteiger partial charge in [-0.05, 0) is 46.2 Å². The van der Waals surface area contributed by atoms with E-state index in [2.05, 4.69) is 0 Å². The van der Waals surface area contributed by atoms with Crippen LogP contribution >= 0.6 is 0 Å². The number of Topliss-reactive ketones (excluding diaryl/α,β-unsaturated/α-hetero) is 1. The van der Waals surface area contributed by atoms with Crippen LogP contribution in [-0.2, 0) is 4.74 Å². The number of benzene rings is 1. The zero-order chi connectivity index (χ0) is 16.5. The maximum absolute atomic E-state index is 13.8. The lowest BCUT2D eigenvalue weighted by molar-refractivity contribution is 0.0289. The van der Waals surface area contributed by atoms with Gasteiger partial charge in [0.05, 0.1) is 5.56 Å². The maximum Gasteiger partial charge on any atom is 0.410 e. The predicted molar refractivity (Wildman–Crippen MR) is 81.4 cm³/mol. The van der Waals surface area contributed by atoms with E-state index in [4.69, 9.17) is 4.74 Å². The third-order valence-corrected chi connectivity index (χ3v) is 3.60. The molecule has 1 aromatic rings. The van der Waals surface area contributed by atoms with Gasteiger partial charge in [0, 0.05) is 19.0 Å². The third-order valence-electron chi connectivity index (χ3n) is 3.60. The number of ether oxygens (including phenoxy) is 1. The van der Waals surface area contributed by atoms with Crippen LogP contribution in [0.5, 0.6) is 0 Å². The molecule has 1 atom stereocenters. The highest BCUT2D eigenvalue weighted by molar-refractivity contribution is 5.98. The molecule has 4 nitrogen and oxygen atoms in total. The fourth-order valence-corrected chi connectivity index (χ4v) is 2.51. The molecule has 1 unspecified atom stereocenters. The van der Waals surface area contributed by atoms with Crippen LogP contribution < -0.4 is 0 Å². The molecular formula is C17H22FNO3. The average molecular weight is 307 g/mol. The van der Waals surface area contributed by atoms with Crippen molar-refractivity contribution in [3.63, 3.8) is 0 Å². The van der Waals surface area contributed by atoms with Crippen LogP contribution in [0.2, 0.25) is 0 Å². The second kappa shape index (κ2) is 6.07. The van der Waals surface area contributed by atoms with Gasteiger partial charge in [-0.25, -0.2) is 9.18 Å². The Morgan fingerprint density at radius 2 is 2.00 bits per heavy atom. The average Bonchev–Trinajstić information content (AvgIpc) is 2.88. The fraction of sp³-hybridized carbons (Fsp3) is 0.529. The smallest absolute Gasteiger partial charge is 0.410 e. The van der Waals surface area contributed by atoms with Gasteiger partial charge < -0.3 is 9.64 Å². The Morgan fingerprint density at radius 1 is 1.32 bits per heavy atom. The van der Waals surface area contributed by atoms with Crippen molar-refractivity contribution in [2.75, 3.05) is 13.1 Å². The number of amides is 1. The summed E-state index contributed by atoms with van der Waals surface area (Å²) in [5.74, 6) is -1.12. The molecular weight excluding hydrogens is 285 g/mol. The quantitative estimate of drug-likeness (QED) is 0.785. The summed E-state index contributed by atoms with van der Waals surface area (Å²) in [5.41, 5.74) is 0.379. The van der Waals surface area contributed by atoms with E-state index < -0.39 is 17.5 Å². The van der Waals surface area contributed by atoms with Gasteiger partial charge in [0.25, 0.3) is 0 Å². The molecule has 0 N–H and O–H groups in total. The molecule has 1 fully saturated rings. The van der Waals surface area contributed by atoms with Crippen LogP contribution in [0.1, 0.15) is 43.1 Å². The third kappa shape index (κ3) is 3.84. The zero-order valence-corrected chi connectivity index (χ0v) is 13.5. The number of aryl methyl sites for hydroxylation is 1. The summed E-state index contributed by atoms with van der Waals surface area (Å²) < 4.78 is 19.1. The van der Waals surface area contributed by atoms with Gasteiger partial charge in [-0.2, -0.15) is 0 Å². The first-order valence-electron chi connectivity index (χ1n) is 7.45. The molecule has 0 bridgehead atoms. The van der Waals surface area contributed by atoms with E-state index in [9.17, 15) is 14.0 Å². The molecule has 120 valence electrons. The molecule has 1 aliphatic heterocycles. The van der Waals surface area contributed by atoms with E-state index in [-0.39, 0.29) is 23.8 Å². The fourth-order valence-electron chi connectivity index (χ4n) is 2.51. The van der Waals surface area contributed by atoms with Gasteiger partial charge in [-0.1, -0.05) is 11.6 Å². The number of carbonyl (C=O) groups is 2. The molecule has 0 saturated carbocycles. The Bertz CT molecular complexity index is 592. The van der Waals surface area contributed by atoms with Crippen molar-refractivity contribution in [3.8, 4) is 0 Å². The lowest BCUT2D eigenvalue weighted by Gasteiger charge is -2.24. The van der Waals surface area contributed by atoms with E-state index in [1.807, 2.05) is 6.92 Å². The van der Waals surface area contributed by atoms with Gasteiger partial charge in [0.1, 0.15) is 11.4 Å². The van der Waals surface area contributed by atoms with E-state index in [0.29, 0.717) is 13.0 Å². The van der Waals surface area contributed by atoms with Crippen molar-refractivity contribution in [1.29, 1.82) is 0 Å². The molecule has 0 spiro atoms. The number of carbonyl (C=O) groups excluding carboxylic acids is 2. The summed E-state index contributed by atoms with van der Waals surface area (Å²) in [7, 11) is 0. The summed E-state index contributed by atoms with van der Waals surface area (Å²) in [5, 5.41) is 0. The topological polar surface area (TPSA) is 46.6 Å². The standard InChI is InChI=1S/C17H22FNO3/c1-11-5-6-14(18)13(9-11)15(20)12-7-8-19(10-12)16(21)22-17(2,3)4/h5-6,9,12H,7-8,10H2,1-4H3. The summed E-state index contributed by atoms with van der Waals surface area (Å²) in [4.78, 5) is 26.0. The summed E-state index contributed by atoms with van der Waals surface area (Å²) in [6.07, 6.45) is 0.110. The minimum absolute atomic E-state index is 0.107. The number of halogens is 1. The molecule has 5 heteroatoms. The Hall–Kier alpha value is -1.91. The zero-order valence-electron chi connectivity index (χ0n) is 13.5. The maximum atomic E-state index is 13.8. The SMILES string of the molecule is Cc1ccc(F)c(C(=O)C2CCN(C(=O)OC(C)(C)C)C2)c1. The van der Waals surface area contributed by atoms with Crippen LogP contribution in [0, 0.1) is 18.7 Å². The van der Waals surface area contributed by atoms with Crippen LogP contribution in [-0.4, -0.2) is 35.5 Å². The van der Waals surface area contributed by atoms with Crippen molar-refractivity contribution in [1.82, 2.24) is 4.90 Å². The number of hydrogen-bond acceptors (Lipinski definition) is 3. The number of hydrogen-bond donors (Lipinski definition) is 0. The molecule has 1 aromatic carbocycles. The summed E-state index contributed by atoms with van der Waals surface area (Å²) in [6.45, 7) is 7.95. The van der Waals surface area contributed by atoms with Crippen LogP contribution in [0.15, 0.2) is 18.2 Å². The first-order valence-corrected chi connectivity index (χ1v) is 7.45. The second-order valence-corrected chi connectivity index (χ2v) is 6.76. The Labute approximate surface area is 130 Å². The molecule has 1 aliphatic rings. The van der Waals surface area contributed by atoms with Gasteiger partial charge in [-0.15, -0.1) is 0 Å². The lowest BCUT2D eigenvalue weighted by atomic mass is 9.95. The molecule has 2 rings (SSSR count). The van der Waals surface area contributed by atoms with E-state index in [1.54, 1.807) is 32.9 Å². The number of rotatable bonds is 2. The number of ketones is 1. The largest absolute Gasteiger partial charge is 0.444 e. The van der Waals surface area contributed by atoms with Crippen molar-refractivity contribution in [3.05, 3.63) is 35.1 Å². The minimum atomic E-state index is -0.568. The first-order chi connectivity index (χ1) is 10.2. The minimum Gasteiger partial charge on any atom is -0.444 e. The van der Waals surface area contributed by atoms with Gasteiger partial charge in [-0.3, -0.25) is 4.79 Å². The van der Waals surface area contributed by atoms with Crippen molar-refractivity contribution >= 4 is 11.9 Å². The molecule has 0 aromatic heterocycles. The van der Waals surface area contributed by atoms with E-state index in [1.165, 1.54) is 11.0 Å². The first kappa shape index (κ1) is 16.5. The van der Waals surface area contributed by atoms with Crippen LogP contribution in [0.3, 0.4) is 0 Å². The highest BCUT2D eigenvalue weighted by atomic mass is 19.1. The molecule has 0 radical (unpaired) electrons. The molecule has 1 amide bonds. The molecule has 0 aliphatic carbocycles. The number of nitrogens with zero attached hydrogens (tertiary/aromatic N) is 1. The van der Waals surface area contributed by atoms with Crippen molar-refractivity contribution in [2.45, 2.75) is 39.7 Å². The van der Waals surface area contributed by atoms with Crippen molar-refractivity contribution < 1.29 is 18.7 Å². The van der Waals surface area contributed by atoms with E-state index >= 15 is 0 Å². The Kier molecular flexibility index (Phi) is 4.54. The van der Waals surface area contributed by atoms with Gasteiger partial charge in [0.2, 0.25) is 0 Å². The molecule has 22 heavy (non-hydrogen) atoms. The predicted octanol–water partition coefficient (Wildman–Crippen LogP) is 3.57. The van der Waals surface area contributed by atoms with Crippen molar-refractivity contribution in [2.24, 2.45) is 5.92 Å². The van der Waals surface area contributed by atoms with Gasteiger partial charge >= 0.3 is 6.09 Å². The Morgan fingerprint density at radius 3 is 2.64 bits per heavy atom. The highest BCUT2D eigenvalue weighted by Crippen LogP contribution is 2.24. The Balaban J connectivity index is 2.05. The molecule has 1 heterocycles. The highest BCUT2D eigenvalue weighted by Gasteiger charge is 2.34. The monoisotopic (exact) mass is 307 g/mol. The number of likely N-dealkylation sites (tertiary alicyclic amines) is 1.